The SMILES string of the molecule is CCOc1ccc(Nc2cc(C)c(Br)cn2)cc1F. The van der Waals surface area contributed by atoms with E-state index in [4.69, 9.17) is 4.74 Å². The molecule has 5 heteroatoms. The van der Waals surface area contributed by atoms with E-state index in [1.807, 2.05) is 19.9 Å². The average Bonchev–Trinajstić information content (AvgIpc) is 2.37. The fourth-order valence-electron chi connectivity index (χ4n) is 1.61. The van der Waals surface area contributed by atoms with Gasteiger partial charge in [-0.05, 0) is 53.5 Å². The van der Waals surface area contributed by atoms with E-state index in [0.29, 0.717) is 18.1 Å². The van der Waals surface area contributed by atoms with Crippen molar-refractivity contribution in [3.05, 3.63) is 46.3 Å². The van der Waals surface area contributed by atoms with E-state index < -0.39 is 0 Å². The quantitative estimate of drug-likeness (QED) is 0.903. The van der Waals surface area contributed by atoms with Crippen molar-refractivity contribution in [2.75, 3.05) is 11.9 Å². The molecule has 1 N–H and O–H groups in total. The molecule has 19 heavy (non-hydrogen) atoms. The lowest BCUT2D eigenvalue weighted by atomic mass is 10.2. The lowest BCUT2D eigenvalue weighted by Crippen LogP contribution is -1.98. The van der Waals surface area contributed by atoms with Crippen molar-refractivity contribution in [3.63, 3.8) is 0 Å². The van der Waals surface area contributed by atoms with Gasteiger partial charge in [0.1, 0.15) is 5.82 Å². The van der Waals surface area contributed by atoms with Gasteiger partial charge < -0.3 is 10.1 Å². The number of nitrogens with one attached hydrogen (secondary N) is 1. The Hall–Kier alpha value is -1.62. The molecule has 0 unspecified atom stereocenters. The van der Waals surface area contributed by atoms with Crippen LogP contribution in [0.3, 0.4) is 0 Å². The molecule has 3 nitrogen and oxygen atoms in total. The van der Waals surface area contributed by atoms with Crippen LogP contribution in [0.5, 0.6) is 5.75 Å². The van der Waals surface area contributed by atoms with Gasteiger partial charge in [-0.2, -0.15) is 0 Å². The maximum atomic E-state index is 13.7. The van der Waals surface area contributed by atoms with Crippen LogP contribution in [0.25, 0.3) is 0 Å². The number of ether oxygens (including phenoxy) is 1. The second-order valence-corrected chi connectivity index (χ2v) is 4.88. The molecular weight excluding hydrogens is 311 g/mol. The molecule has 0 aliphatic heterocycles. The standard InChI is InChI=1S/C14H14BrFN2O/c1-3-19-13-5-4-10(7-12(13)16)18-14-6-9(2)11(15)8-17-14/h4-8H,3H2,1-2H3,(H,17,18). The van der Waals surface area contributed by atoms with Crippen LogP contribution in [0, 0.1) is 12.7 Å². The van der Waals surface area contributed by atoms with Gasteiger partial charge in [0.15, 0.2) is 11.6 Å². The van der Waals surface area contributed by atoms with Crippen molar-refractivity contribution in [3.8, 4) is 5.75 Å². The van der Waals surface area contributed by atoms with Gasteiger partial charge in [0.05, 0.1) is 6.61 Å². The third kappa shape index (κ3) is 3.44. The number of rotatable bonds is 4. The van der Waals surface area contributed by atoms with E-state index in [2.05, 4.69) is 26.2 Å². The number of aromatic nitrogens is 1. The Morgan fingerprint density at radius 1 is 1.37 bits per heavy atom. The number of hydrogen-bond donors (Lipinski definition) is 1. The number of pyridine rings is 1. The maximum absolute atomic E-state index is 13.7. The third-order valence-corrected chi connectivity index (χ3v) is 3.38. The van der Waals surface area contributed by atoms with Gasteiger partial charge in [0.2, 0.25) is 0 Å². The van der Waals surface area contributed by atoms with Crippen LogP contribution in [0.1, 0.15) is 12.5 Å². The van der Waals surface area contributed by atoms with Crippen molar-refractivity contribution >= 4 is 27.4 Å². The van der Waals surface area contributed by atoms with E-state index in [1.165, 1.54) is 6.07 Å². The average molecular weight is 325 g/mol. The molecule has 0 radical (unpaired) electrons. The summed E-state index contributed by atoms with van der Waals surface area (Å²) in [7, 11) is 0. The minimum atomic E-state index is -0.388. The van der Waals surface area contributed by atoms with E-state index >= 15 is 0 Å². The first-order chi connectivity index (χ1) is 9.10. The van der Waals surface area contributed by atoms with Crippen molar-refractivity contribution in [2.24, 2.45) is 0 Å². The van der Waals surface area contributed by atoms with E-state index in [9.17, 15) is 4.39 Å². The van der Waals surface area contributed by atoms with Gasteiger partial charge in [0.25, 0.3) is 0 Å². The molecule has 1 heterocycles. The number of aryl methyl sites for hydroxylation is 1. The van der Waals surface area contributed by atoms with Gasteiger partial charge in [-0.1, -0.05) is 0 Å². The number of hydrogen-bond acceptors (Lipinski definition) is 3. The minimum absolute atomic E-state index is 0.257. The van der Waals surface area contributed by atoms with Gasteiger partial charge in [-0.3, -0.25) is 0 Å². The highest BCUT2D eigenvalue weighted by atomic mass is 79.9. The van der Waals surface area contributed by atoms with E-state index in [0.717, 1.165) is 10.0 Å². The molecule has 0 saturated carbocycles. The number of benzene rings is 1. The van der Waals surface area contributed by atoms with Gasteiger partial charge in [-0.25, -0.2) is 9.37 Å². The molecule has 100 valence electrons. The monoisotopic (exact) mass is 324 g/mol. The Kier molecular flexibility index (Phi) is 4.37. The highest BCUT2D eigenvalue weighted by Gasteiger charge is 2.05. The molecule has 0 fully saturated rings. The number of anilines is 2. The molecule has 0 saturated heterocycles. The summed E-state index contributed by atoms with van der Waals surface area (Å²) in [5.41, 5.74) is 1.69. The first-order valence-corrected chi connectivity index (χ1v) is 6.71. The van der Waals surface area contributed by atoms with Crippen LogP contribution in [0.15, 0.2) is 34.9 Å². The topological polar surface area (TPSA) is 34.1 Å². The summed E-state index contributed by atoms with van der Waals surface area (Å²) in [6, 6.07) is 6.64. The Balaban J connectivity index is 2.19. The van der Waals surface area contributed by atoms with Gasteiger partial charge in [0, 0.05) is 22.4 Å². The highest BCUT2D eigenvalue weighted by molar-refractivity contribution is 9.10. The molecule has 0 atom stereocenters. The van der Waals surface area contributed by atoms with Crippen molar-refractivity contribution < 1.29 is 9.13 Å². The molecule has 2 rings (SSSR count). The summed E-state index contributed by atoms with van der Waals surface area (Å²) >= 11 is 3.39. The third-order valence-electron chi connectivity index (χ3n) is 2.55. The molecule has 0 spiro atoms. The van der Waals surface area contributed by atoms with Crippen molar-refractivity contribution in [1.82, 2.24) is 4.98 Å². The Labute approximate surface area is 119 Å². The Bertz CT molecular complexity index is 590. The lowest BCUT2D eigenvalue weighted by Gasteiger charge is -2.09. The highest BCUT2D eigenvalue weighted by Crippen LogP contribution is 2.24. The zero-order valence-electron chi connectivity index (χ0n) is 10.7. The Morgan fingerprint density at radius 3 is 2.79 bits per heavy atom. The molecular formula is C14H14BrFN2O. The fraction of sp³-hybridized carbons (Fsp3) is 0.214. The van der Waals surface area contributed by atoms with E-state index in [-0.39, 0.29) is 11.6 Å². The van der Waals surface area contributed by atoms with Crippen LogP contribution in [0.2, 0.25) is 0 Å². The predicted molar refractivity (Wildman–Crippen MR) is 77.5 cm³/mol. The summed E-state index contributed by atoms with van der Waals surface area (Å²) in [6.07, 6.45) is 1.71. The summed E-state index contributed by atoms with van der Waals surface area (Å²) in [6.45, 7) is 4.23. The molecule has 1 aromatic heterocycles. The fourth-order valence-corrected chi connectivity index (χ4v) is 1.82. The zero-order valence-corrected chi connectivity index (χ0v) is 12.3. The molecule has 2 aromatic rings. The predicted octanol–water partition coefficient (Wildman–Crippen LogP) is 4.43. The van der Waals surface area contributed by atoms with Crippen LogP contribution in [-0.2, 0) is 0 Å². The van der Waals surface area contributed by atoms with Crippen LogP contribution in [-0.4, -0.2) is 11.6 Å². The minimum Gasteiger partial charge on any atom is -0.491 e. The van der Waals surface area contributed by atoms with Gasteiger partial charge in [-0.15, -0.1) is 0 Å². The van der Waals surface area contributed by atoms with Gasteiger partial charge >= 0.3 is 0 Å². The largest absolute Gasteiger partial charge is 0.491 e. The molecule has 1 aromatic carbocycles. The number of nitrogens with zero attached hydrogens (tertiary/aromatic N) is 1. The van der Waals surface area contributed by atoms with Crippen LogP contribution in [0.4, 0.5) is 15.9 Å². The zero-order chi connectivity index (χ0) is 13.8. The first-order valence-electron chi connectivity index (χ1n) is 5.91. The molecule has 0 aliphatic rings. The first kappa shape index (κ1) is 13.8. The molecule has 0 bridgehead atoms. The second kappa shape index (κ2) is 6.02. The molecule has 0 aliphatic carbocycles. The van der Waals surface area contributed by atoms with Crippen molar-refractivity contribution in [1.29, 1.82) is 0 Å². The normalized spacial score (nSPS) is 10.3. The lowest BCUT2D eigenvalue weighted by molar-refractivity contribution is 0.321. The smallest absolute Gasteiger partial charge is 0.167 e. The summed E-state index contributed by atoms with van der Waals surface area (Å²) in [4.78, 5) is 4.21. The van der Waals surface area contributed by atoms with Crippen molar-refractivity contribution in [2.45, 2.75) is 13.8 Å². The second-order valence-electron chi connectivity index (χ2n) is 4.02. The Morgan fingerprint density at radius 2 is 2.16 bits per heavy atom. The summed E-state index contributed by atoms with van der Waals surface area (Å²) < 4.78 is 19.8. The summed E-state index contributed by atoms with van der Waals surface area (Å²) in [5, 5.41) is 3.05. The maximum Gasteiger partial charge on any atom is 0.167 e. The molecule has 0 amide bonds. The van der Waals surface area contributed by atoms with E-state index in [1.54, 1.807) is 18.3 Å². The summed E-state index contributed by atoms with van der Waals surface area (Å²) in [5.74, 6) is 0.540. The number of halogens is 2. The van der Waals surface area contributed by atoms with Crippen LogP contribution >= 0.6 is 15.9 Å². The van der Waals surface area contributed by atoms with Crippen LogP contribution < -0.4 is 10.1 Å².